The fraction of sp³-hybridized carbons (Fsp3) is 0.917. The van der Waals surface area contributed by atoms with Crippen molar-refractivity contribution < 1.29 is 9.53 Å². The average Bonchev–Trinajstić information content (AvgIpc) is 2.36. The molecule has 1 amide bonds. The van der Waals surface area contributed by atoms with E-state index in [0.717, 1.165) is 19.4 Å². The van der Waals surface area contributed by atoms with Gasteiger partial charge in [-0.3, -0.25) is 0 Å². The van der Waals surface area contributed by atoms with Crippen molar-refractivity contribution in [1.29, 1.82) is 0 Å². The Labute approximate surface area is 98.1 Å². The molecule has 0 spiro atoms. The van der Waals surface area contributed by atoms with Crippen molar-refractivity contribution in [3.63, 3.8) is 0 Å². The second-order valence-corrected chi connectivity index (χ2v) is 6.13. The van der Waals surface area contributed by atoms with Crippen LogP contribution < -0.4 is 5.73 Å². The van der Waals surface area contributed by atoms with Gasteiger partial charge in [-0.1, -0.05) is 20.8 Å². The first-order chi connectivity index (χ1) is 7.26. The smallest absolute Gasteiger partial charge is 0.410 e. The average molecular weight is 228 g/mol. The first-order valence-electron chi connectivity index (χ1n) is 5.94. The highest BCUT2D eigenvalue weighted by molar-refractivity contribution is 5.70. The number of ether oxygens (including phenoxy) is 1. The number of hydrogen-bond acceptors (Lipinski definition) is 3. The lowest BCUT2D eigenvalue weighted by molar-refractivity contribution is 0.0637. The molecule has 1 fully saturated rings. The van der Waals surface area contributed by atoms with E-state index in [2.05, 4.69) is 20.8 Å². The summed E-state index contributed by atoms with van der Waals surface area (Å²) in [5.74, 6) is 0. The van der Waals surface area contributed by atoms with Crippen LogP contribution in [0.5, 0.6) is 0 Å². The molecule has 1 unspecified atom stereocenters. The highest BCUT2D eigenvalue weighted by Crippen LogP contribution is 2.29. The lowest BCUT2D eigenvalue weighted by Gasteiger charge is -2.25. The zero-order valence-corrected chi connectivity index (χ0v) is 10.9. The van der Waals surface area contributed by atoms with Gasteiger partial charge in [0.2, 0.25) is 0 Å². The van der Waals surface area contributed by atoms with E-state index in [1.54, 1.807) is 4.90 Å². The topological polar surface area (TPSA) is 55.6 Å². The van der Waals surface area contributed by atoms with Crippen molar-refractivity contribution in [3.8, 4) is 0 Å². The number of carbonyl (C=O) groups is 1. The molecule has 1 rings (SSSR count). The van der Waals surface area contributed by atoms with Crippen molar-refractivity contribution in [2.45, 2.75) is 46.1 Å². The van der Waals surface area contributed by atoms with Gasteiger partial charge in [-0.25, -0.2) is 4.79 Å². The van der Waals surface area contributed by atoms with E-state index in [4.69, 9.17) is 10.5 Å². The fourth-order valence-corrected chi connectivity index (χ4v) is 2.08. The second kappa shape index (κ2) is 4.62. The van der Waals surface area contributed by atoms with Gasteiger partial charge in [0.05, 0.1) is 6.54 Å². The lowest BCUT2D eigenvalue weighted by Crippen LogP contribution is -2.36. The molecule has 16 heavy (non-hydrogen) atoms. The summed E-state index contributed by atoms with van der Waals surface area (Å²) in [6, 6.07) is 0. The molecule has 0 aromatic rings. The number of carbonyl (C=O) groups excluding carboxylic acids is 1. The molecule has 1 aliphatic rings. The second-order valence-electron chi connectivity index (χ2n) is 6.13. The van der Waals surface area contributed by atoms with Crippen LogP contribution in [0.15, 0.2) is 0 Å². The highest BCUT2D eigenvalue weighted by Gasteiger charge is 2.41. The summed E-state index contributed by atoms with van der Waals surface area (Å²) in [6.45, 7) is 10.4. The third-order valence-electron chi connectivity index (χ3n) is 2.69. The minimum Gasteiger partial charge on any atom is -0.441 e. The molecule has 0 bridgehead atoms. The molecule has 1 atom stereocenters. The molecule has 1 heterocycles. The summed E-state index contributed by atoms with van der Waals surface area (Å²) in [5.41, 5.74) is 5.25. The maximum absolute atomic E-state index is 11.7. The van der Waals surface area contributed by atoms with Crippen LogP contribution in [0.4, 0.5) is 4.79 Å². The number of rotatable bonds is 4. The maximum atomic E-state index is 11.7. The highest BCUT2D eigenvalue weighted by atomic mass is 16.6. The molecule has 4 nitrogen and oxygen atoms in total. The summed E-state index contributed by atoms with van der Waals surface area (Å²) in [4.78, 5) is 13.5. The molecule has 2 N–H and O–H groups in total. The third kappa shape index (κ3) is 3.67. The number of cyclic esters (lactones) is 1. The Kier molecular flexibility index (Phi) is 3.84. The van der Waals surface area contributed by atoms with Crippen LogP contribution >= 0.6 is 0 Å². The Morgan fingerprint density at radius 1 is 1.50 bits per heavy atom. The Balaban J connectivity index is 2.56. The monoisotopic (exact) mass is 228 g/mol. The van der Waals surface area contributed by atoms with Crippen molar-refractivity contribution in [1.82, 2.24) is 4.90 Å². The summed E-state index contributed by atoms with van der Waals surface area (Å²) in [7, 11) is 0. The van der Waals surface area contributed by atoms with Crippen LogP contribution in [-0.2, 0) is 4.74 Å². The molecule has 0 aromatic carbocycles. The molecule has 0 saturated carbocycles. The number of nitrogens with two attached hydrogens (primary N) is 1. The SMILES string of the molecule is CC(C)(C)CN1CC(C)(CCCN)OC1=O. The van der Waals surface area contributed by atoms with E-state index in [9.17, 15) is 4.79 Å². The Bertz CT molecular complexity index is 260. The quantitative estimate of drug-likeness (QED) is 0.800. The molecule has 4 heteroatoms. The van der Waals surface area contributed by atoms with E-state index in [0.29, 0.717) is 13.1 Å². The predicted molar refractivity (Wildman–Crippen MR) is 64.2 cm³/mol. The van der Waals surface area contributed by atoms with Gasteiger partial charge in [0, 0.05) is 6.54 Å². The first-order valence-corrected chi connectivity index (χ1v) is 5.94. The lowest BCUT2D eigenvalue weighted by atomic mass is 9.95. The van der Waals surface area contributed by atoms with Crippen LogP contribution in [0.3, 0.4) is 0 Å². The van der Waals surface area contributed by atoms with Gasteiger partial charge in [-0.2, -0.15) is 0 Å². The Morgan fingerprint density at radius 2 is 2.12 bits per heavy atom. The van der Waals surface area contributed by atoms with Gasteiger partial charge in [0.1, 0.15) is 5.60 Å². The van der Waals surface area contributed by atoms with E-state index in [1.807, 2.05) is 6.92 Å². The number of amides is 1. The van der Waals surface area contributed by atoms with Crippen molar-refractivity contribution in [2.75, 3.05) is 19.6 Å². The molecule has 0 radical (unpaired) electrons. The van der Waals surface area contributed by atoms with Gasteiger partial charge in [0.25, 0.3) is 0 Å². The Hall–Kier alpha value is -0.770. The minimum absolute atomic E-state index is 0.109. The molecular weight excluding hydrogens is 204 g/mol. The van der Waals surface area contributed by atoms with Gasteiger partial charge < -0.3 is 15.4 Å². The largest absolute Gasteiger partial charge is 0.441 e. The molecule has 1 aliphatic heterocycles. The van der Waals surface area contributed by atoms with E-state index >= 15 is 0 Å². The molecule has 0 aromatic heterocycles. The van der Waals surface area contributed by atoms with Gasteiger partial charge >= 0.3 is 6.09 Å². The van der Waals surface area contributed by atoms with Gasteiger partial charge in [-0.05, 0) is 31.7 Å². The van der Waals surface area contributed by atoms with E-state index < -0.39 is 0 Å². The predicted octanol–water partition coefficient (Wildman–Crippen LogP) is 1.98. The number of hydrogen-bond donors (Lipinski definition) is 1. The molecule has 1 saturated heterocycles. The zero-order valence-electron chi connectivity index (χ0n) is 10.9. The standard InChI is InChI=1S/C12H24N2O2/c1-11(2,3)8-14-9-12(4,6-5-7-13)16-10(14)15/h5-9,13H2,1-4H3. The zero-order chi connectivity index (χ0) is 12.4. The normalized spacial score (nSPS) is 26.1. The summed E-state index contributed by atoms with van der Waals surface area (Å²) in [6.07, 6.45) is 1.55. The van der Waals surface area contributed by atoms with Crippen LogP contribution in [0.2, 0.25) is 0 Å². The van der Waals surface area contributed by atoms with Crippen molar-refractivity contribution in [2.24, 2.45) is 11.1 Å². The first kappa shape index (κ1) is 13.3. The van der Waals surface area contributed by atoms with Gasteiger partial charge in [-0.15, -0.1) is 0 Å². The number of nitrogens with zero attached hydrogens (tertiary/aromatic N) is 1. The van der Waals surface area contributed by atoms with Crippen LogP contribution in [-0.4, -0.2) is 36.2 Å². The van der Waals surface area contributed by atoms with E-state index in [1.165, 1.54) is 0 Å². The van der Waals surface area contributed by atoms with Crippen LogP contribution in [0.25, 0.3) is 0 Å². The van der Waals surface area contributed by atoms with Crippen molar-refractivity contribution >= 4 is 6.09 Å². The third-order valence-corrected chi connectivity index (χ3v) is 2.69. The Morgan fingerprint density at radius 3 is 2.62 bits per heavy atom. The molecular formula is C12H24N2O2. The molecule has 0 aliphatic carbocycles. The fourth-order valence-electron chi connectivity index (χ4n) is 2.08. The minimum atomic E-state index is -0.346. The summed E-state index contributed by atoms with van der Waals surface area (Å²) < 4.78 is 5.44. The van der Waals surface area contributed by atoms with Crippen LogP contribution in [0, 0.1) is 5.41 Å². The summed E-state index contributed by atoms with van der Waals surface area (Å²) in [5, 5.41) is 0. The van der Waals surface area contributed by atoms with E-state index in [-0.39, 0.29) is 17.1 Å². The van der Waals surface area contributed by atoms with Crippen molar-refractivity contribution in [3.05, 3.63) is 0 Å². The van der Waals surface area contributed by atoms with Gasteiger partial charge in [0.15, 0.2) is 0 Å². The molecule has 94 valence electrons. The van der Waals surface area contributed by atoms with Crippen LogP contribution in [0.1, 0.15) is 40.5 Å². The summed E-state index contributed by atoms with van der Waals surface area (Å²) >= 11 is 0. The maximum Gasteiger partial charge on any atom is 0.410 e.